The van der Waals surface area contributed by atoms with Gasteiger partial charge in [-0.05, 0) is 62.2 Å². The summed E-state index contributed by atoms with van der Waals surface area (Å²) in [6.45, 7) is 12.4. The molecule has 0 bridgehead atoms. The van der Waals surface area contributed by atoms with E-state index in [9.17, 15) is 4.79 Å². The summed E-state index contributed by atoms with van der Waals surface area (Å²) in [6, 6.07) is 13.4. The van der Waals surface area contributed by atoms with Gasteiger partial charge in [-0.25, -0.2) is 0 Å². The smallest absolute Gasteiger partial charge is 0.231 e. The number of nitrogens with zero attached hydrogens (tertiary/aromatic N) is 1. The molecule has 2 aromatic rings. The highest BCUT2D eigenvalue weighted by atomic mass is 16.5. The SMILES string of the molecule is C=C(C)COc1ccc2c(c1)O/C(=C\c1ccc(N(CC)CC)cc1)C2=O. The van der Waals surface area contributed by atoms with E-state index >= 15 is 0 Å². The van der Waals surface area contributed by atoms with Gasteiger partial charge in [0.25, 0.3) is 0 Å². The van der Waals surface area contributed by atoms with Crippen LogP contribution in [0.1, 0.15) is 36.7 Å². The van der Waals surface area contributed by atoms with Gasteiger partial charge in [-0.15, -0.1) is 0 Å². The summed E-state index contributed by atoms with van der Waals surface area (Å²) in [5, 5.41) is 0. The van der Waals surface area contributed by atoms with Gasteiger partial charge in [-0.2, -0.15) is 0 Å². The number of ketones is 1. The Morgan fingerprint density at radius 1 is 1.15 bits per heavy atom. The third kappa shape index (κ3) is 4.22. The molecule has 1 heterocycles. The molecule has 0 radical (unpaired) electrons. The van der Waals surface area contributed by atoms with Gasteiger partial charge in [0.05, 0.1) is 5.56 Å². The topological polar surface area (TPSA) is 38.8 Å². The molecule has 0 amide bonds. The van der Waals surface area contributed by atoms with E-state index in [0.29, 0.717) is 29.4 Å². The Bertz CT molecular complexity index is 877. The van der Waals surface area contributed by atoms with Crippen LogP contribution in [-0.2, 0) is 0 Å². The summed E-state index contributed by atoms with van der Waals surface area (Å²) in [6.07, 6.45) is 1.78. The van der Waals surface area contributed by atoms with Gasteiger partial charge in [-0.3, -0.25) is 4.79 Å². The van der Waals surface area contributed by atoms with Crippen molar-refractivity contribution in [3.05, 3.63) is 71.5 Å². The predicted molar refractivity (Wildman–Crippen MR) is 110 cm³/mol. The molecule has 140 valence electrons. The Labute approximate surface area is 160 Å². The van der Waals surface area contributed by atoms with Crippen LogP contribution in [-0.4, -0.2) is 25.5 Å². The fourth-order valence-electron chi connectivity index (χ4n) is 2.99. The van der Waals surface area contributed by atoms with Crippen LogP contribution in [0.4, 0.5) is 5.69 Å². The minimum atomic E-state index is -0.107. The molecule has 4 heteroatoms. The number of anilines is 1. The minimum absolute atomic E-state index is 0.107. The molecule has 0 spiro atoms. The van der Waals surface area contributed by atoms with E-state index in [4.69, 9.17) is 9.47 Å². The van der Waals surface area contributed by atoms with Crippen molar-refractivity contribution in [2.75, 3.05) is 24.6 Å². The van der Waals surface area contributed by atoms with Crippen LogP contribution in [0.15, 0.2) is 60.4 Å². The molecule has 0 atom stereocenters. The van der Waals surface area contributed by atoms with E-state index in [1.54, 1.807) is 24.3 Å². The Hall–Kier alpha value is -3.01. The number of hydrogen-bond acceptors (Lipinski definition) is 4. The van der Waals surface area contributed by atoms with Crippen LogP contribution >= 0.6 is 0 Å². The molecule has 0 fully saturated rings. The van der Waals surface area contributed by atoms with Gasteiger partial charge in [0.15, 0.2) is 5.76 Å². The molecule has 0 unspecified atom stereocenters. The second-order valence-electron chi connectivity index (χ2n) is 6.61. The van der Waals surface area contributed by atoms with Gasteiger partial charge in [0.2, 0.25) is 5.78 Å². The zero-order valence-electron chi connectivity index (χ0n) is 16.1. The second-order valence-corrected chi connectivity index (χ2v) is 6.61. The first-order valence-electron chi connectivity index (χ1n) is 9.22. The van der Waals surface area contributed by atoms with Gasteiger partial charge in [0.1, 0.15) is 18.1 Å². The number of carbonyl (C=O) groups excluding carboxylic acids is 1. The van der Waals surface area contributed by atoms with Crippen LogP contribution in [0.25, 0.3) is 6.08 Å². The van der Waals surface area contributed by atoms with Gasteiger partial charge >= 0.3 is 0 Å². The van der Waals surface area contributed by atoms with E-state index in [0.717, 1.165) is 24.2 Å². The molecular weight excluding hydrogens is 338 g/mol. The van der Waals surface area contributed by atoms with Crippen molar-refractivity contribution >= 4 is 17.5 Å². The average molecular weight is 363 g/mol. The first kappa shape index (κ1) is 18.8. The number of rotatable bonds is 7. The van der Waals surface area contributed by atoms with Gasteiger partial charge in [-0.1, -0.05) is 18.7 Å². The van der Waals surface area contributed by atoms with Crippen molar-refractivity contribution in [1.29, 1.82) is 0 Å². The Kier molecular flexibility index (Phi) is 5.65. The lowest BCUT2D eigenvalue weighted by Crippen LogP contribution is -2.21. The maximum absolute atomic E-state index is 12.6. The van der Waals surface area contributed by atoms with E-state index in [2.05, 4.69) is 37.5 Å². The van der Waals surface area contributed by atoms with Crippen LogP contribution in [0.5, 0.6) is 11.5 Å². The van der Waals surface area contributed by atoms with Crippen molar-refractivity contribution in [3.8, 4) is 11.5 Å². The van der Waals surface area contributed by atoms with Crippen LogP contribution < -0.4 is 14.4 Å². The monoisotopic (exact) mass is 363 g/mol. The molecule has 4 nitrogen and oxygen atoms in total. The zero-order chi connectivity index (χ0) is 19.4. The first-order valence-corrected chi connectivity index (χ1v) is 9.22. The largest absolute Gasteiger partial charge is 0.489 e. The standard InChI is InChI=1S/C23H25NO3/c1-5-24(6-2)18-9-7-17(8-10-18)13-22-23(25)20-12-11-19(14-21(20)27-22)26-15-16(3)4/h7-14H,3,5-6,15H2,1-2,4H3/b22-13-. The Balaban J connectivity index is 1.77. The Morgan fingerprint density at radius 2 is 1.85 bits per heavy atom. The number of ether oxygens (including phenoxy) is 2. The number of hydrogen-bond donors (Lipinski definition) is 0. The third-order valence-corrected chi connectivity index (χ3v) is 4.45. The third-order valence-electron chi connectivity index (χ3n) is 4.45. The number of allylic oxidation sites excluding steroid dienone is 1. The van der Waals surface area contributed by atoms with Crippen LogP contribution in [0.3, 0.4) is 0 Å². The molecule has 3 rings (SSSR count). The summed E-state index contributed by atoms with van der Waals surface area (Å²) < 4.78 is 11.4. The summed E-state index contributed by atoms with van der Waals surface area (Å²) in [5.41, 5.74) is 3.59. The number of Topliss-reactive ketones (excluding diaryl/α,β-unsaturated/α-hetero) is 1. The fourth-order valence-corrected chi connectivity index (χ4v) is 2.99. The van der Waals surface area contributed by atoms with Crippen LogP contribution in [0, 0.1) is 0 Å². The second kappa shape index (κ2) is 8.12. The van der Waals surface area contributed by atoms with E-state index in [1.165, 1.54) is 5.69 Å². The molecule has 0 saturated heterocycles. The van der Waals surface area contributed by atoms with Gasteiger partial charge < -0.3 is 14.4 Å². The van der Waals surface area contributed by atoms with Gasteiger partial charge in [0, 0.05) is 24.8 Å². The lowest BCUT2D eigenvalue weighted by molar-refractivity contribution is 0.101. The molecule has 2 aromatic carbocycles. The van der Waals surface area contributed by atoms with E-state index < -0.39 is 0 Å². The molecule has 0 aromatic heterocycles. The molecule has 0 aliphatic carbocycles. The fraction of sp³-hybridized carbons (Fsp3) is 0.261. The number of fused-ring (bicyclic) bond motifs is 1. The van der Waals surface area contributed by atoms with Crippen molar-refractivity contribution in [2.24, 2.45) is 0 Å². The quantitative estimate of drug-likeness (QED) is 0.506. The van der Waals surface area contributed by atoms with Crippen molar-refractivity contribution in [3.63, 3.8) is 0 Å². The number of benzene rings is 2. The Morgan fingerprint density at radius 3 is 2.48 bits per heavy atom. The highest BCUT2D eigenvalue weighted by Gasteiger charge is 2.27. The predicted octanol–water partition coefficient (Wildman–Crippen LogP) is 5.10. The highest BCUT2D eigenvalue weighted by Crippen LogP contribution is 2.35. The normalized spacial score (nSPS) is 14.0. The summed E-state index contributed by atoms with van der Waals surface area (Å²) in [5.74, 6) is 1.42. The van der Waals surface area contributed by atoms with Crippen molar-refractivity contribution < 1.29 is 14.3 Å². The number of carbonyl (C=O) groups is 1. The summed E-state index contributed by atoms with van der Waals surface area (Å²) >= 11 is 0. The highest BCUT2D eigenvalue weighted by molar-refractivity contribution is 6.14. The van der Waals surface area contributed by atoms with Crippen molar-refractivity contribution in [1.82, 2.24) is 0 Å². The lowest BCUT2D eigenvalue weighted by atomic mass is 10.1. The summed E-state index contributed by atoms with van der Waals surface area (Å²) in [4.78, 5) is 14.9. The molecular formula is C23H25NO3. The van der Waals surface area contributed by atoms with E-state index in [1.807, 2.05) is 19.1 Å². The van der Waals surface area contributed by atoms with Crippen LogP contribution in [0.2, 0.25) is 0 Å². The minimum Gasteiger partial charge on any atom is -0.489 e. The first-order chi connectivity index (χ1) is 13.0. The average Bonchev–Trinajstić information content (AvgIpc) is 2.97. The molecule has 0 N–H and O–H groups in total. The maximum Gasteiger partial charge on any atom is 0.231 e. The van der Waals surface area contributed by atoms with E-state index in [-0.39, 0.29) is 5.78 Å². The van der Waals surface area contributed by atoms with Crippen molar-refractivity contribution in [2.45, 2.75) is 20.8 Å². The zero-order valence-corrected chi connectivity index (χ0v) is 16.1. The summed E-state index contributed by atoms with van der Waals surface area (Å²) in [7, 11) is 0. The molecule has 1 aliphatic rings. The molecule has 27 heavy (non-hydrogen) atoms. The molecule has 1 aliphatic heterocycles. The molecule has 0 saturated carbocycles. The lowest BCUT2D eigenvalue weighted by Gasteiger charge is -2.20. The maximum atomic E-state index is 12.6.